The highest BCUT2D eigenvalue weighted by molar-refractivity contribution is 7.92. The average Bonchev–Trinajstić information content (AvgIpc) is 3.18. The SMILES string of the molecule is O=S(=O)(c1ccccc1)[C@H]1[C@H](c2ccccc2)N(c2ccccc2)O[C@@H]1C(F)(F)F. The van der Waals surface area contributed by atoms with Crippen molar-refractivity contribution in [2.75, 3.05) is 5.06 Å². The van der Waals surface area contributed by atoms with Gasteiger partial charge in [0.05, 0.1) is 10.6 Å². The molecule has 1 fully saturated rings. The van der Waals surface area contributed by atoms with Gasteiger partial charge >= 0.3 is 6.18 Å². The first-order valence-corrected chi connectivity index (χ1v) is 10.8. The molecule has 0 unspecified atom stereocenters. The van der Waals surface area contributed by atoms with Crippen molar-refractivity contribution in [2.24, 2.45) is 0 Å². The van der Waals surface area contributed by atoms with Crippen molar-refractivity contribution in [3.63, 3.8) is 0 Å². The summed E-state index contributed by atoms with van der Waals surface area (Å²) in [5.74, 6) is 0. The number of alkyl halides is 3. The fraction of sp³-hybridized carbons (Fsp3) is 0.182. The van der Waals surface area contributed by atoms with Gasteiger partial charge in [-0.2, -0.15) is 13.2 Å². The van der Waals surface area contributed by atoms with Gasteiger partial charge in [-0.05, 0) is 29.8 Å². The van der Waals surface area contributed by atoms with Gasteiger partial charge in [-0.15, -0.1) is 0 Å². The number of para-hydroxylation sites is 1. The van der Waals surface area contributed by atoms with Gasteiger partial charge in [0, 0.05) is 0 Å². The van der Waals surface area contributed by atoms with E-state index < -0.39 is 33.4 Å². The lowest BCUT2D eigenvalue weighted by Crippen LogP contribution is -2.43. The van der Waals surface area contributed by atoms with Crippen LogP contribution in [0.5, 0.6) is 0 Å². The Morgan fingerprint density at radius 3 is 1.80 bits per heavy atom. The van der Waals surface area contributed by atoms with Crippen LogP contribution >= 0.6 is 0 Å². The molecule has 0 aliphatic carbocycles. The van der Waals surface area contributed by atoms with Crippen molar-refractivity contribution in [1.29, 1.82) is 0 Å². The van der Waals surface area contributed by atoms with Crippen molar-refractivity contribution in [3.05, 3.63) is 96.6 Å². The predicted octanol–water partition coefficient (Wildman–Crippen LogP) is 4.95. The Morgan fingerprint density at radius 2 is 1.27 bits per heavy atom. The molecular weight excluding hydrogens is 415 g/mol. The van der Waals surface area contributed by atoms with Crippen LogP contribution in [-0.4, -0.2) is 25.9 Å². The Bertz CT molecular complexity index is 1090. The number of benzene rings is 3. The lowest BCUT2D eigenvalue weighted by atomic mass is 10.0. The van der Waals surface area contributed by atoms with Crippen LogP contribution in [0, 0.1) is 0 Å². The molecule has 0 bridgehead atoms. The molecular formula is C22H18F3NO3S. The zero-order valence-corrected chi connectivity index (χ0v) is 16.4. The number of hydrogen-bond acceptors (Lipinski definition) is 4. The Morgan fingerprint density at radius 1 is 0.767 bits per heavy atom. The van der Waals surface area contributed by atoms with Crippen LogP contribution in [0.25, 0.3) is 0 Å². The van der Waals surface area contributed by atoms with E-state index in [2.05, 4.69) is 0 Å². The highest BCUT2D eigenvalue weighted by Crippen LogP contribution is 2.47. The number of nitrogens with zero attached hydrogens (tertiary/aromatic N) is 1. The van der Waals surface area contributed by atoms with Gasteiger partial charge in [0.1, 0.15) is 11.3 Å². The first-order chi connectivity index (χ1) is 14.3. The second-order valence-corrected chi connectivity index (χ2v) is 9.01. The first-order valence-electron chi connectivity index (χ1n) is 9.22. The van der Waals surface area contributed by atoms with Crippen molar-refractivity contribution in [3.8, 4) is 0 Å². The number of hydrogen-bond donors (Lipinski definition) is 0. The van der Waals surface area contributed by atoms with E-state index in [1.54, 1.807) is 66.7 Å². The monoisotopic (exact) mass is 433 g/mol. The summed E-state index contributed by atoms with van der Waals surface area (Å²) < 4.78 is 68.9. The Hall–Kier alpha value is -2.84. The lowest BCUT2D eigenvalue weighted by molar-refractivity contribution is -0.208. The van der Waals surface area contributed by atoms with Gasteiger partial charge in [0.2, 0.25) is 6.10 Å². The van der Waals surface area contributed by atoms with E-state index in [0.717, 1.165) is 5.06 Å². The second kappa shape index (κ2) is 7.77. The Kier molecular flexibility index (Phi) is 5.29. The van der Waals surface area contributed by atoms with Gasteiger partial charge in [-0.1, -0.05) is 66.7 Å². The van der Waals surface area contributed by atoms with E-state index in [-0.39, 0.29) is 4.90 Å². The topological polar surface area (TPSA) is 46.6 Å². The molecule has 156 valence electrons. The van der Waals surface area contributed by atoms with Gasteiger partial charge in [-0.25, -0.2) is 13.5 Å². The maximum atomic E-state index is 14.0. The van der Waals surface area contributed by atoms with Crippen molar-refractivity contribution < 1.29 is 26.4 Å². The minimum absolute atomic E-state index is 0.177. The molecule has 3 aromatic rings. The third kappa shape index (κ3) is 3.68. The van der Waals surface area contributed by atoms with E-state index >= 15 is 0 Å². The number of sulfone groups is 1. The number of halogens is 3. The van der Waals surface area contributed by atoms with Crippen LogP contribution in [-0.2, 0) is 14.7 Å². The van der Waals surface area contributed by atoms with Gasteiger partial charge in [0.25, 0.3) is 0 Å². The zero-order chi connectivity index (χ0) is 21.4. The maximum absolute atomic E-state index is 14.0. The fourth-order valence-electron chi connectivity index (χ4n) is 3.66. The van der Waals surface area contributed by atoms with Crippen molar-refractivity contribution in [2.45, 2.75) is 28.5 Å². The summed E-state index contributed by atoms with van der Waals surface area (Å²) in [7, 11) is -4.40. The standard InChI is InChI=1S/C22H18F3NO3S/c23-22(24,25)21-20(30(27,28)18-14-8-3-9-15-18)19(16-10-4-1-5-11-16)26(29-21)17-12-6-2-7-13-17/h1-15,19-21H/t19-,20-,21-/m0/s1. The summed E-state index contributed by atoms with van der Waals surface area (Å²) in [5.41, 5.74) is 0.754. The molecule has 0 radical (unpaired) electrons. The summed E-state index contributed by atoms with van der Waals surface area (Å²) in [4.78, 5) is 5.15. The Labute approximate surface area is 172 Å². The smallest absolute Gasteiger partial charge is 0.258 e. The molecule has 1 heterocycles. The molecule has 30 heavy (non-hydrogen) atoms. The molecule has 3 atom stereocenters. The molecule has 0 saturated carbocycles. The summed E-state index contributed by atoms with van der Waals surface area (Å²) in [5, 5.41) is -0.818. The molecule has 0 aromatic heterocycles. The minimum atomic E-state index is -4.89. The van der Waals surface area contributed by atoms with E-state index in [1.807, 2.05) is 0 Å². The van der Waals surface area contributed by atoms with Crippen LogP contribution in [0.2, 0.25) is 0 Å². The van der Waals surface area contributed by atoms with Gasteiger partial charge in [0.15, 0.2) is 9.84 Å². The first kappa shape index (κ1) is 20.4. The molecule has 1 aliphatic rings. The van der Waals surface area contributed by atoms with Gasteiger partial charge in [-0.3, -0.25) is 4.84 Å². The molecule has 0 N–H and O–H groups in total. The van der Waals surface area contributed by atoms with E-state index in [4.69, 9.17) is 4.84 Å². The largest absolute Gasteiger partial charge is 0.418 e. The molecule has 4 nitrogen and oxygen atoms in total. The normalized spacial score (nSPS) is 22.2. The summed E-state index contributed by atoms with van der Waals surface area (Å²) >= 11 is 0. The van der Waals surface area contributed by atoms with Gasteiger partial charge < -0.3 is 0 Å². The molecule has 8 heteroatoms. The molecule has 1 saturated heterocycles. The molecule has 1 aliphatic heterocycles. The summed E-state index contributed by atoms with van der Waals surface area (Å²) in [6, 6.07) is 22.4. The second-order valence-electron chi connectivity index (χ2n) is 6.91. The highest BCUT2D eigenvalue weighted by Gasteiger charge is 2.61. The number of rotatable bonds is 4. The third-order valence-electron chi connectivity index (χ3n) is 4.99. The van der Waals surface area contributed by atoms with E-state index in [0.29, 0.717) is 11.3 Å². The third-order valence-corrected chi connectivity index (χ3v) is 7.14. The molecule has 4 rings (SSSR count). The van der Waals surface area contributed by atoms with Crippen LogP contribution in [0.4, 0.5) is 18.9 Å². The average molecular weight is 433 g/mol. The highest BCUT2D eigenvalue weighted by atomic mass is 32.2. The quantitative estimate of drug-likeness (QED) is 0.584. The predicted molar refractivity (Wildman–Crippen MR) is 106 cm³/mol. The maximum Gasteiger partial charge on any atom is 0.418 e. The minimum Gasteiger partial charge on any atom is -0.258 e. The van der Waals surface area contributed by atoms with Crippen LogP contribution in [0.3, 0.4) is 0 Å². The van der Waals surface area contributed by atoms with Crippen LogP contribution in [0.15, 0.2) is 95.9 Å². The summed E-state index contributed by atoms with van der Waals surface area (Å²) in [6.07, 6.45) is -7.41. The molecule has 0 amide bonds. The molecule has 0 spiro atoms. The number of hydroxylamine groups is 1. The summed E-state index contributed by atoms with van der Waals surface area (Å²) in [6.45, 7) is 0. The van der Waals surface area contributed by atoms with Crippen LogP contribution in [0.1, 0.15) is 11.6 Å². The zero-order valence-electron chi connectivity index (χ0n) is 15.6. The van der Waals surface area contributed by atoms with E-state index in [1.165, 1.54) is 24.3 Å². The van der Waals surface area contributed by atoms with E-state index in [9.17, 15) is 21.6 Å². The number of anilines is 1. The Balaban J connectivity index is 1.93. The van der Waals surface area contributed by atoms with Crippen molar-refractivity contribution >= 4 is 15.5 Å². The van der Waals surface area contributed by atoms with Crippen molar-refractivity contribution in [1.82, 2.24) is 0 Å². The molecule has 3 aromatic carbocycles. The fourth-order valence-corrected chi connectivity index (χ4v) is 5.65. The lowest BCUT2D eigenvalue weighted by Gasteiger charge is -2.27. The van der Waals surface area contributed by atoms with Crippen LogP contribution < -0.4 is 5.06 Å².